The number of aromatic nitrogens is 2. The Bertz CT molecular complexity index is 820. The third-order valence-corrected chi connectivity index (χ3v) is 3.91. The highest BCUT2D eigenvalue weighted by molar-refractivity contribution is 7.85. The molecule has 0 spiro atoms. The van der Waals surface area contributed by atoms with Crippen molar-refractivity contribution in [3.8, 4) is 0 Å². The maximum Gasteiger partial charge on any atom is 0.372 e. The minimum atomic E-state index is -3.53. The molecule has 0 unspecified atom stereocenters. The molecule has 2 N–H and O–H groups in total. The molecular weight excluding hydrogens is 308 g/mol. The van der Waals surface area contributed by atoms with Crippen LogP contribution >= 0.6 is 11.3 Å². The Morgan fingerprint density at radius 1 is 1.55 bits per heavy atom. The lowest BCUT2D eigenvalue weighted by Gasteiger charge is -2.00. The van der Waals surface area contributed by atoms with Gasteiger partial charge in [0, 0.05) is 0 Å². The van der Waals surface area contributed by atoms with Gasteiger partial charge in [0.15, 0.2) is 0 Å². The Morgan fingerprint density at radius 2 is 2.25 bits per heavy atom. The third kappa shape index (κ3) is 3.21. The zero-order valence-corrected chi connectivity index (χ0v) is 11.9. The molecule has 0 bridgehead atoms. The fraction of sp³-hybridized carbons (Fsp3) is 0.300. The molecule has 0 atom stereocenters. The van der Waals surface area contributed by atoms with Crippen molar-refractivity contribution in [2.45, 2.75) is 6.42 Å². The maximum absolute atomic E-state index is 11.8. The van der Waals surface area contributed by atoms with Crippen LogP contribution in [0, 0.1) is 0 Å². The van der Waals surface area contributed by atoms with Gasteiger partial charge >= 0.3 is 5.97 Å². The fourth-order valence-corrected chi connectivity index (χ4v) is 2.96. The highest BCUT2D eigenvalue weighted by Gasteiger charge is 2.14. The second-order valence-corrected chi connectivity index (χ2v) is 6.44. The largest absolute Gasteiger partial charge is 0.475 e. The van der Waals surface area contributed by atoms with E-state index in [0.29, 0.717) is 10.4 Å². The van der Waals surface area contributed by atoms with Crippen LogP contribution < -0.4 is 5.56 Å². The number of nitrogens with one attached hydrogen (secondary N) is 1. The highest BCUT2D eigenvalue weighted by Crippen LogP contribution is 2.21. The van der Waals surface area contributed by atoms with Gasteiger partial charge in [0.05, 0.1) is 18.2 Å². The van der Waals surface area contributed by atoms with Crippen molar-refractivity contribution in [3.05, 3.63) is 27.1 Å². The van der Waals surface area contributed by atoms with E-state index in [1.807, 2.05) is 0 Å². The Morgan fingerprint density at radius 3 is 2.85 bits per heavy atom. The molecule has 108 valence electrons. The summed E-state index contributed by atoms with van der Waals surface area (Å²) >= 11 is 1.12. The Kier molecular flexibility index (Phi) is 3.88. The third-order valence-electron chi connectivity index (χ3n) is 2.39. The number of hydrogen-bond acceptors (Lipinski definition) is 7. The van der Waals surface area contributed by atoms with Gasteiger partial charge in [-0.2, -0.15) is 8.42 Å². The van der Waals surface area contributed by atoms with Crippen molar-refractivity contribution >= 4 is 37.6 Å². The van der Waals surface area contributed by atoms with Gasteiger partial charge in [-0.15, -0.1) is 11.3 Å². The number of carbonyl (C=O) groups is 1. The zero-order chi connectivity index (χ0) is 14.9. The topological polar surface area (TPSA) is 126 Å². The molecule has 10 heteroatoms. The molecule has 2 aromatic heterocycles. The first-order valence-electron chi connectivity index (χ1n) is 5.36. The van der Waals surface area contributed by atoms with E-state index in [4.69, 9.17) is 5.11 Å². The number of nitrogens with zero attached hydrogens (tertiary/aromatic N) is 1. The average molecular weight is 318 g/mol. The van der Waals surface area contributed by atoms with Crippen molar-refractivity contribution in [1.29, 1.82) is 0 Å². The Hall–Kier alpha value is -1.78. The predicted octanol–water partition coefficient (Wildman–Crippen LogP) is 0.202. The SMILES string of the molecule is CS(=O)(=O)OCCc1csc2nc(C(=O)O)[nH]c(=O)c12. The molecule has 8 nitrogen and oxygen atoms in total. The van der Waals surface area contributed by atoms with Crippen LogP contribution in [0.2, 0.25) is 0 Å². The van der Waals surface area contributed by atoms with Gasteiger partial charge < -0.3 is 10.1 Å². The van der Waals surface area contributed by atoms with E-state index in [9.17, 15) is 18.0 Å². The van der Waals surface area contributed by atoms with E-state index in [-0.39, 0.29) is 18.4 Å². The van der Waals surface area contributed by atoms with Crippen LogP contribution in [0.3, 0.4) is 0 Å². The van der Waals surface area contributed by atoms with Crippen LogP contribution in [-0.2, 0) is 20.7 Å². The molecule has 0 aromatic carbocycles. The quantitative estimate of drug-likeness (QED) is 0.754. The van der Waals surface area contributed by atoms with Gasteiger partial charge in [-0.1, -0.05) is 0 Å². The summed E-state index contributed by atoms with van der Waals surface area (Å²) in [5.41, 5.74) is 0.00217. The Labute approximate surface area is 117 Å². The van der Waals surface area contributed by atoms with Crippen LogP contribution in [0.4, 0.5) is 0 Å². The maximum atomic E-state index is 11.8. The van der Waals surface area contributed by atoms with Crippen LogP contribution in [0.5, 0.6) is 0 Å². The first kappa shape index (κ1) is 14.6. The van der Waals surface area contributed by atoms with E-state index in [1.54, 1.807) is 5.38 Å². The summed E-state index contributed by atoms with van der Waals surface area (Å²) in [5, 5.41) is 10.7. The summed E-state index contributed by atoms with van der Waals surface area (Å²) in [5.74, 6) is -1.75. The number of fused-ring (bicyclic) bond motifs is 1. The normalized spacial score (nSPS) is 11.8. The molecule has 0 aliphatic carbocycles. The van der Waals surface area contributed by atoms with Gasteiger partial charge in [-0.25, -0.2) is 9.78 Å². The average Bonchev–Trinajstić information content (AvgIpc) is 2.71. The number of rotatable bonds is 5. The minimum Gasteiger partial charge on any atom is -0.475 e. The summed E-state index contributed by atoms with van der Waals surface area (Å²) in [7, 11) is -3.53. The smallest absolute Gasteiger partial charge is 0.372 e. The van der Waals surface area contributed by atoms with Crippen molar-refractivity contribution in [3.63, 3.8) is 0 Å². The van der Waals surface area contributed by atoms with Crippen molar-refractivity contribution in [2.24, 2.45) is 0 Å². The van der Waals surface area contributed by atoms with Crippen LogP contribution in [-0.4, -0.2) is 42.3 Å². The zero-order valence-electron chi connectivity index (χ0n) is 10.2. The standard InChI is InChI=1S/C10H10N2O6S2/c1-20(16,17)18-3-2-5-4-19-9-6(5)8(13)11-7(12-9)10(14)15/h4H,2-3H2,1H3,(H,14,15)(H,11,12,13). The monoisotopic (exact) mass is 318 g/mol. The van der Waals surface area contributed by atoms with E-state index < -0.39 is 27.5 Å². The van der Waals surface area contributed by atoms with Crippen LogP contribution in [0.15, 0.2) is 10.2 Å². The second kappa shape index (κ2) is 5.31. The van der Waals surface area contributed by atoms with Gasteiger partial charge in [0.1, 0.15) is 4.83 Å². The predicted molar refractivity (Wildman–Crippen MR) is 71.7 cm³/mol. The summed E-state index contributed by atoms with van der Waals surface area (Å²) in [6.07, 6.45) is 1.15. The lowest BCUT2D eigenvalue weighted by atomic mass is 10.2. The minimum absolute atomic E-state index is 0.0925. The summed E-state index contributed by atoms with van der Waals surface area (Å²) in [4.78, 5) is 28.9. The van der Waals surface area contributed by atoms with Crippen LogP contribution in [0.25, 0.3) is 10.2 Å². The second-order valence-electron chi connectivity index (χ2n) is 3.94. The fourth-order valence-electron chi connectivity index (χ4n) is 1.60. The van der Waals surface area contributed by atoms with Gasteiger partial charge in [0.25, 0.3) is 15.7 Å². The molecule has 0 radical (unpaired) electrons. The molecule has 0 saturated carbocycles. The number of hydrogen-bond donors (Lipinski definition) is 2. The first-order valence-corrected chi connectivity index (χ1v) is 8.05. The first-order chi connectivity index (χ1) is 9.28. The molecule has 0 fully saturated rings. The lowest BCUT2D eigenvalue weighted by molar-refractivity contribution is 0.0683. The summed E-state index contributed by atoms with van der Waals surface area (Å²) in [6.45, 7) is -0.0925. The lowest BCUT2D eigenvalue weighted by Crippen LogP contribution is -2.16. The summed E-state index contributed by atoms with van der Waals surface area (Å²) < 4.78 is 26.3. The van der Waals surface area contributed by atoms with E-state index in [0.717, 1.165) is 17.6 Å². The van der Waals surface area contributed by atoms with Crippen molar-refractivity contribution < 1.29 is 22.5 Å². The number of thiophene rings is 1. The number of aromatic carboxylic acids is 1. The van der Waals surface area contributed by atoms with Crippen molar-refractivity contribution in [1.82, 2.24) is 9.97 Å². The van der Waals surface area contributed by atoms with E-state index in [2.05, 4.69) is 14.2 Å². The highest BCUT2D eigenvalue weighted by atomic mass is 32.2. The molecule has 2 heterocycles. The number of carboxylic acids is 1. The van der Waals surface area contributed by atoms with Gasteiger partial charge in [-0.05, 0) is 17.4 Å². The van der Waals surface area contributed by atoms with Gasteiger partial charge in [0.2, 0.25) is 5.82 Å². The molecule has 0 aliphatic rings. The van der Waals surface area contributed by atoms with Gasteiger partial charge in [-0.3, -0.25) is 8.98 Å². The number of carboxylic acid groups (broad SMARTS) is 1. The van der Waals surface area contributed by atoms with E-state index in [1.165, 1.54) is 0 Å². The molecule has 0 aliphatic heterocycles. The Balaban J connectivity index is 2.33. The van der Waals surface area contributed by atoms with Crippen LogP contribution in [0.1, 0.15) is 16.2 Å². The molecule has 0 saturated heterocycles. The molecule has 20 heavy (non-hydrogen) atoms. The molecule has 2 aromatic rings. The van der Waals surface area contributed by atoms with Crippen molar-refractivity contribution in [2.75, 3.05) is 12.9 Å². The molecular formula is C10H10N2O6S2. The molecule has 2 rings (SSSR count). The number of H-pyrrole nitrogens is 1. The summed E-state index contributed by atoms with van der Waals surface area (Å²) in [6, 6.07) is 0. The molecule has 0 amide bonds. The van der Waals surface area contributed by atoms with E-state index >= 15 is 0 Å². The number of aromatic amines is 1.